The molecular weight excluding hydrogens is 520 g/mol. The molecule has 0 unspecified atom stereocenters. The molecule has 0 fully saturated rings. The summed E-state index contributed by atoms with van der Waals surface area (Å²) in [6.45, 7) is 5.17. The van der Waals surface area contributed by atoms with Crippen LogP contribution in [0.1, 0.15) is 26.6 Å². The largest absolute Gasteiger partial charge is 0.453 e. The number of benzene rings is 1. The number of ether oxygens (including phenoxy) is 1. The molecule has 0 aliphatic rings. The molecule has 0 saturated heterocycles. The number of fused-ring (bicyclic) bond motifs is 1. The zero-order chi connectivity index (χ0) is 27.9. The number of hydrogen-bond donors (Lipinski definition) is 1. The van der Waals surface area contributed by atoms with Crippen LogP contribution in [-0.2, 0) is 10.9 Å². The molecule has 0 radical (unpaired) electrons. The van der Waals surface area contributed by atoms with Gasteiger partial charge in [0.05, 0.1) is 0 Å². The van der Waals surface area contributed by atoms with Gasteiger partial charge in [0, 0.05) is 23.5 Å². The maximum atomic E-state index is 13.6. The zero-order valence-electron chi connectivity index (χ0n) is 20.7. The maximum Gasteiger partial charge on any atom is 0.453 e. The van der Waals surface area contributed by atoms with Crippen LogP contribution < -0.4 is 5.32 Å². The van der Waals surface area contributed by atoms with Crippen molar-refractivity contribution in [3.8, 4) is 28.2 Å². The van der Waals surface area contributed by atoms with Gasteiger partial charge < -0.3 is 4.74 Å². The van der Waals surface area contributed by atoms with Gasteiger partial charge in [-0.25, -0.2) is 18.9 Å². The summed E-state index contributed by atoms with van der Waals surface area (Å²) >= 11 is 0. The molecule has 4 heterocycles. The van der Waals surface area contributed by atoms with E-state index in [1.807, 2.05) is 0 Å². The Morgan fingerprint density at radius 1 is 0.949 bits per heavy atom. The summed E-state index contributed by atoms with van der Waals surface area (Å²) in [5, 5.41) is 17.9. The second-order valence-electron chi connectivity index (χ2n) is 9.38. The van der Waals surface area contributed by atoms with E-state index >= 15 is 0 Å². The van der Waals surface area contributed by atoms with E-state index in [0.29, 0.717) is 26.9 Å². The van der Waals surface area contributed by atoms with Crippen molar-refractivity contribution in [1.29, 1.82) is 0 Å². The Kier molecular flexibility index (Phi) is 6.24. The molecule has 0 aliphatic heterocycles. The van der Waals surface area contributed by atoms with Gasteiger partial charge in [0.25, 0.3) is 5.82 Å². The number of nitrogens with zero attached hydrogens (tertiary/aromatic N) is 7. The molecule has 0 spiro atoms. The zero-order valence-corrected chi connectivity index (χ0v) is 20.7. The molecule has 0 aliphatic carbocycles. The molecule has 14 heteroatoms. The molecule has 1 aromatic carbocycles. The molecular formula is C25H20F4N8O2. The van der Waals surface area contributed by atoms with Crippen LogP contribution in [0.2, 0.25) is 0 Å². The molecule has 10 nitrogen and oxygen atoms in total. The Labute approximate surface area is 218 Å². The lowest BCUT2D eigenvalue weighted by atomic mass is 10.0. The predicted molar refractivity (Wildman–Crippen MR) is 131 cm³/mol. The Morgan fingerprint density at radius 2 is 1.69 bits per heavy atom. The normalized spacial score (nSPS) is 12.1. The van der Waals surface area contributed by atoms with Gasteiger partial charge in [-0.2, -0.15) is 22.8 Å². The van der Waals surface area contributed by atoms with Crippen LogP contribution in [0.15, 0.2) is 60.9 Å². The van der Waals surface area contributed by atoms with Crippen LogP contribution in [-0.4, -0.2) is 46.3 Å². The molecule has 5 rings (SSSR count). The number of halogens is 4. The highest BCUT2D eigenvalue weighted by atomic mass is 19.4. The fraction of sp³-hybridized carbons (Fsp3) is 0.200. The first-order valence-electron chi connectivity index (χ1n) is 11.5. The average Bonchev–Trinajstić information content (AvgIpc) is 3.48. The van der Waals surface area contributed by atoms with Crippen molar-refractivity contribution in [3.63, 3.8) is 0 Å². The Bertz CT molecular complexity index is 1670. The highest BCUT2D eigenvalue weighted by molar-refractivity contribution is 5.86. The minimum Gasteiger partial charge on any atom is -0.444 e. The van der Waals surface area contributed by atoms with Crippen LogP contribution in [0, 0.1) is 5.82 Å². The Balaban J connectivity index is 1.60. The fourth-order valence-corrected chi connectivity index (χ4v) is 3.68. The summed E-state index contributed by atoms with van der Waals surface area (Å²) in [6, 6.07) is 11.6. The predicted octanol–water partition coefficient (Wildman–Crippen LogP) is 5.54. The highest BCUT2D eigenvalue weighted by Crippen LogP contribution is 2.33. The lowest BCUT2D eigenvalue weighted by Gasteiger charge is -2.19. The number of alkyl halides is 3. The van der Waals surface area contributed by atoms with E-state index in [0.717, 1.165) is 0 Å². The Hall–Kier alpha value is -4.88. The number of anilines is 1. The van der Waals surface area contributed by atoms with E-state index in [2.05, 4.69) is 30.7 Å². The Morgan fingerprint density at radius 3 is 2.38 bits per heavy atom. The topological polar surface area (TPSA) is 112 Å². The molecule has 200 valence electrons. The number of carbonyl (C=O) groups is 1. The molecule has 0 saturated carbocycles. The van der Waals surface area contributed by atoms with Crippen LogP contribution in [0.25, 0.3) is 33.8 Å². The number of rotatable bonds is 4. The summed E-state index contributed by atoms with van der Waals surface area (Å²) in [5.74, 6) is -1.49. The number of aromatic nitrogens is 7. The van der Waals surface area contributed by atoms with Gasteiger partial charge in [-0.1, -0.05) is 0 Å². The van der Waals surface area contributed by atoms with Crippen LogP contribution in [0.4, 0.5) is 28.2 Å². The van der Waals surface area contributed by atoms with E-state index in [9.17, 15) is 22.4 Å². The van der Waals surface area contributed by atoms with Gasteiger partial charge in [-0.3, -0.25) is 5.32 Å². The van der Waals surface area contributed by atoms with Gasteiger partial charge in [0.15, 0.2) is 11.5 Å². The van der Waals surface area contributed by atoms with Crippen molar-refractivity contribution >= 4 is 17.6 Å². The molecule has 0 atom stereocenters. The first-order chi connectivity index (χ1) is 18.4. The third-order valence-electron chi connectivity index (χ3n) is 5.27. The summed E-state index contributed by atoms with van der Waals surface area (Å²) < 4.78 is 60.9. The SMILES string of the molecule is CC(C)(C)OC(=O)Nc1cc(-c2cn(-c3ccc4nnc(C(F)(F)F)n4n3)nc2-c2ccc(F)cc2)ccn1. The van der Waals surface area contributed by atoms with Gasteiger partial charge >= 0.3 is 12.3 Å². The molecule has 1 N–H and O–H groups in total. The first-order valence-corrected chi connectivity index (χ1v) is 11.5. The molecule has 0 bridgehead atoms. The standard InChI is InChI=1S/C25H20F4N8O2/c1-24(2,3)39-23(38)31-18-12-15(10-11-30-18)17-13-36(35-21(17)14-4-6-16(26)7-5-14)20-9-8-19-32-33-22(25(27,28)29)37(19)34-20/h4-13H,1-3H3,(H,30,31,38). The summed E-state index contributed by atoms with van der Waals surface area (Å²) in [5.41, 5.74) is 1.17. The highest BCUT2D eigenvalue weighted by Gasteiger charge is 2.37. The van der Waals surface area contributed by atoms with E-state index in [1.165, 1.54) is 47.3 Å². The van der Waals surface area contributed by atoms with Crippen LogP contribution in [0.5, 0.6) is 0 Å². The summed E-state index contributed by atoms with van der Waals surface area (Å²) in [7, 11) is 0. The van der Waals surface area contributed by atoms with E-state index in [-0.39, 0.29) is 17.3 Å². The monoisotopic (exact) mass is 540 g/mol. The van der Waals surface area contributed by atoms with Crippen LogP contribution in [0.3, 0.4) is 0 Å². The minimum absolute atomic E-state index is 0.0450. The van der Waals surface area contributed by atoms with Crippen molar-refractivity contribution < 1.29 is 27.1 Å². The van der Waals surface area contributed by atoms with Crippen molar-refractivity contribution in [2.24, 2.45) is 0 Å². The first kappa shape index (κ1) is 25.8. The lowest BCUT2D eigenvalue weighted by Crippen LogP contribution is -2.27. The number of carbonyl (C=O) groups excluding carboxylic acids is 1. The van der Waals surface area contributed by atoms with Gasteiger partial charge in [0.1, 0.15) is 22.9 Å². The minimum atomic E-state index is -4.77. The number of hydrogen-bond acceptors (Lipinski definition) is 7. The van der Waals surface area contributed by atoms with Crippen molar-refractivity contribution in [2.75, 3.05) is 5.32 Å². The molecule has 5 aromatic rings. The van der Waals surface area contributed by atoms with Gasteiger partial charge in [0.2, 0.25) is 0 Å². The third kappa shape index (κ3) is 5.54. The molecule has 1 amide bonds. The second-order valence-corrected chi connectivity index (χ2v) is 9.38. The number of amides is 1. The third-order valence-corrected chi connectivity index (χ3v) is 5.27. The quantitative estimate of drug-likeness (QED) is 0.298. The number of pyridine rings is 1. The van der Waals surface area contributed by atoms with Crippen molar-refractivity contribution in [1.82, 2.24) is 34.6 Å². The average molecular weight is 540 g/mol. The molecule has 4 aromatic heterocycles. The van der Waals surface area contributed by atoms with Crippen molar-refractivity contribution in [2.45, 2.75) is 32.5 Å². The number of nitrogens with one attached hydrogen (secondary N) is 1. The molecule has 39 heavy (non-hydrogen) atoms. The second kappa shape index (κ2) is 9.45. The van der Waals surface area contributed by atoms with E-state index < -0.39 is 29.5 Å². The summed E-state index contributed by atoms with van der Waals surface area (Å²) in [6.07, 6.45) is -2.45. The van der Waals surface area contributed by atoms with Crippen LogP contribution >= 0.6 is 0 Å². The van der Waals surface area contributed by atoms with Crippen molar-refractivity contribution in [3.05, 3.63) is 72.6 Å². The van der Waals surface area contributed by atoms with E-state index in [4.69, 9.17) is 4.74 Å². The summed E-state index contributed by atoms with van der Waals surface area (Å²) in [4.78, 5) is 16.4. The van der Waals surface area contributed by atoms with E-state index in [1.54, 1.807) is 39.1 Å². The fourth-order valence-electron chi connectivity index (χ4n) is 3.68. The lowest BCUT2D eigenvalue weighted by molar-refractivity contribution is -0.146. The smallest absolute Gasteiger partial charge is 0.444 e. The van der Waals surface area contributed by atoms with Gasteiger partial charge in [-0.05, 0) is 74.9 Å². The maximum absolute atomic E-state index is 13.6. The van der Waals surface area contributed by atoms with Gasteiger partial charge in [-0.15, -0.1) is 15.3 Å².